The normalized spacial score (nSPS) is 11.0. The molecule has 0 spiro atoms. The molecule has 3 aromatic rings. The highest BCUT2D eigenvalue weighted by Crippen LogP contribution is 2.25. The number of para-hydroxylation sites is 1. The fourth-order valence-corrected chi connectivity index (χ4v) is 4.19. The Bertz CT molecular complexity index is 1260. The van der Waals surface area contributed by atoms with Gasteiger partial charge >= 0.3 is 0 Å². The van der Waals surface area contributed by atoms with Crippen molar-refractivity contribution in [1.82, 2.24) is 5.32 Å². The molecular formula is C22H19Cl2N3O4S. The van der Waals surface area contributed by atoms with Crippen LogP contribution in [0.1, 0.15) is 15.9 Å². The van der Waals surface area contributed by atoms with Gasteiger partial charge in [-0.25, -0.2) is 8.42 Å². The van der Waals surface area contributed by atoms with Gasteiger partial charge < -0.3 is 10.6 Å². The van der Waals surface area contributed by atoms with E-state index in [-0.39, 0.29) is 17.0 Å². The van der Waals surface area contributed by atoms with Gasteiger partial charge in [-0.1, -0.05) is 41.4 Å². The molecule has 0 saturated heterocycles. The van der Waals surface area contributed by atoms with Crippen LogP contribution in [0.2, 0.25) is 10.0 Å². The van der Waals surface area contributed by atoms with Crippen LogP contribution in [-0.2, 0) is 14.8 Å². The standard InChI is InChI=1S/C22H19Cl2N3O4S/c1-14-4-2-3-5-19(14)27-32(30,31)17-9-6-15(7-10-17)22(29)25-13-21(28)26-20-12-16(23)8-11-18(20)24/h2-12,27H,13H2,1H3,(H,25,29)(H,26,28). The van der Waals surface area contributed by atoms with E-state index >= 15 is 0 Å². The summed E-state index contributed by atoms with van der Waals surface area (Å²) in [4.78, 5) is 24.4. The molecule has 2 amide bonds. The van der Waals surface area contributed by atoms with Gasteiger partial charge in [-0.3, -0.25) is 14.3 Å². The zero-order valence-electron chi connectivity index (χ0n) is 16.9. The Morgan fingerprint density at radius 3 is 2.28 bits per heavy atom. The second-order valence-corrected chi connectivity index (χ2v) is 9.33. The molecular weight excluding hydrogens is 473 g/mol. The number of carbonyl (C=O) groups is 2. The van der Waals surface area contributed by atoms with Gasteiger partial charge in [0.05, 0.1) is 27.8 Å². The van der Waals surface area contributed by atoms with Crippen molar-refractivity contribution < 1.29 is 18.0 Å². The maximum absolute atomic E-state index is 12.6. The zero-order valence-corrected chi connectivity index (χ0v) is 19.2. The molecule has 0 aliphatic heterocycles. The van der Waals surface area contributed by atoms with Crippen molar-refractivity contribution in [3.05, 3.63) is 87.9 Å². The molecule has 0 radical (unpaired) electrons. The van der Waals surface area contributed by atoms with E-state index < -0.39 is 21.8 Å². The molecule has 0 atom stereocenters. The number of rotatable bonds is 7. The highest BCUT2D eigenvalue weighted by molar-refractivity contribution is 7.92. The smallest absolute Gasteiger partial charge is 0.261 e. The van der Waals surface area contributed by atoms with Crippen molar-refractivity contribution >= 4 is 56.4 Å². The summed E-state index contributed by atoms with van der Waals surface area (Å²) < 4.78 is 27.7. The first kappa shape index (κ1) is 23.6. The molecule has 0 aliphatic rings. The van der Waals surface area contributed by atoms with E-state index in [9.17, 15) is 18.0 Å². The van der Waals surface area contributed by atoms with Crippen LogP contribution in [0.25, 0.3) is 0 Å². The van der Waals surface area contributed by atoms with E-state index in [0.717, 1.165) is 5.56 Å². The molecule has 3 N–H and O–H groups in total. The lowest BCUT2D eigenvalue weighted by Crippen LogP contribution is -2.32. The third kappa shape index (κ3) is 6.00. The summed E-state index contributed by atoms with van der Waals surface area (Å²) >= 11 is 11.9. The average molecular weight is 492 g/mol. The number of hydrogen-bond donors (Lipinski definition) is 3. The van der Waals surface area contributed by atoms with E-state index in [1.165, 1.54) is 30.3 Å². The van der Waals surface area contributed by atoms with Gasteiger partial charge in [0.15, 0.2) is 0 Å². The van der Waals surface area contributed by atoms with E-state index in [2.05, 4.69) is 15.4 Å². The number of nitrogens with one attached hydrogen (secondary N) is 3. The van der Waals surface area contributed by atoms with Crippen LogP contribution in [-0.4, -0.2) is 26.8 Å². The molecule has 0 fully saturated rings. The molecule has 0 unspecified atom stereocenters. The summed E-state index contributed by atoms with van der Waals surface area (Å²) in [6, 6.07) is 17.0. The van der Waals surface area contributed by atoms with Crippen molar-refractivity contribution in [1.29, 1.82) is 0 Å². The van der Waals surface area contributed by atoms with Crippen LogP contribution >= 0.6 is 23.2 Å². The number of carbonyl (C=O) groups excluding carboxylic acids is 2. The lowest BCUT2D eigenvalue weighted by atomic mass is 10.2. The van der Waals surface area contributed by atoms with Crippen LogP contribution in [0.15, 0.2) is 71.6 Å². The third-order valence-corrected chi connectivity index (χ3v) is 6.37. The predicted molar refractivity (Wildman–Crippen MR) is 126 cm³/mol. The first-order chi connectivity index (χ1) is 15.2. The van der Waals surface area contributed by atoms with Gasteiger partial charge in [-0.2, -0.15) is 0 Å². The molecule has 0 heterocycles. The topological polar surface area (TPSA) is 104 Å². The maximum atomic E-state index is 12.6. The Kier molecular flexibility index (Phi) is 7.40. The van der Waals surface area contributed by atoms with E-state index in [1.54, 1.807) is 37.3 Å². The first-order valence-corrected chi connectivity index (χ1v) is 11.6. The Morgan fingerprint density at radius 1 is 0.906 bits per heavy atom. The molecule has 3 rings (SSSR count). The lowest BCUT2D eigenvalue weighted by Gasteiger charge is -2.11. The molecule has 0 bridgehead atoms. The Hall–Kier alpha value is -3.07. The van der Waals surface area contributed by atoms with Crippen molar-refractivity contribution in [3.8, 4) is 0 Å². The number of hydrogen-bond acceptors (Lipinski definition) is 4. The number of anilines is 2. The quantitative estimate of drug-likeness (QED) is 0.453. The SMILES string of the molecule is Cc1ccccc1NS(=O)(=O)c1ccc(C(=O)NCC(=O)Nc2cc(Cl)ccc2Cl)cc1. The summed E-state index contributed by atoms with van der Waals surface area (Å²) in [7, 11) is -3.82. The second kappa shape index (κ2) is 10.0. The number of amides is 2. The number of halogens is 2. The number of aryl methyl sites for hydroxylation is 1. The molecule has 0 aliphatic carbocycles. The average Bonchev–Trinajstić information content (AvgIpc) is 2.76. The van der Waals surface area contributed by atoms with Gasteiger partial charge in [0.25, 0.3) is 15.9 Å². The van der Waals surface area contributed by atoms with Crippen molar-refractivity contribution in [2.45, 2.75) is 11.8 Å². The highest BCUT2D eigenvalue weighted by Gasteiger charge is 2.16. The summed E-state index contributed by atoms with van der Waals surface area (Å²) in [5.74, 6) is -1.03. The van der Waals surface area contributed by atoms with Gasteiger partial charge in [-0.05, 0) is 61.0 Å². The van der Waals surface area contributed by atoms with E-state index in [0.29, 0.717) is 21.4 Å². The fourth-order valence-electron chi connectivity index (χ4n) is 2.73. The lowest BCUT2D eigenvalue weighted by molar-refractivity contribution is -0.115. The molecule has 3 aromatic carbocycles. The zero-order chi connectivity index (χ0) is 23.3. The minimum Gasteiger partial charge on any atom is -0.343 e. The van der Waals surface area contributed by atoms with Crippen molar-refractivity contribution in [2.75, 3.05) is 16.6 Å². The summed E-state index contributed by atoms with van der Waals surface area (Å²) in [5.41, 5.74) is 1.78. The molecule has 0 saturated carbocycles. The van der Waals surface area contributed by atoms with Crippen LogP contribution < -0.4 is 15.4 Å². The molecule has 10 heteroatoms. The van der Waals surface area contributed by atoms with Crippen molar-refractivity contribution in [3.63, 3.8) is 0 Å². The predicted octanol–water partition coefficient (Wildman–Crippen LogP) is 4.47. The second-order valence-electron chi connectivity index (χ2n) is 6.80. The Balaban J connectivity index is 1.60. The van der Waals surface area contributed by atoms with Crippen LogP contribution in [0.5, 0.6) is 0 Å². The molecule has 166 valence electrons. The number of sulfonamides is 1. The fraction of sp³-hybridized carbons (Fsp3) is 0.0909. The largest absolute Gasteiger partial charge is 0.343 e. The van der Waals surface area contributed by atoms with Crippen LogP contribution in [0, 0.1) is 6.92 Å². The minimum atomic E-state index is -3.82. The minimum absolute atomic E-state index is 0.00523. The Labute approximate surface area is 195 Å². The number of benzene rings is 3. The van der Waals surface area contributed by atoms with E-state index in [4.69, 9.17) is 23.2 Å². The maximum Gasteiger partial charge on any atom is 0.261 e. The molecule has 0 aromatic heterocycles. The summed E-state index contributed by atoms with van der Waals surface area (Å²) in [6.45, 7) is 1.48. The summed E-state index contributed by atoms with van der Waals surface area (Å²) in [5, 5.41) is 5.74. The van der Waals surface area contributed by atoms with E-state index in [1.807, 2.05) is 6.07 Å². The van der Waals surface area contributed by atoms with Crippen molar-refractivity contribution in [2.24, 2.45) is 0 Å². The van der Waals surface area contributed by atoms with Gasteiger partial charge in [-0.15, -0.1) is 0 Å². The molecule has 7 nitrogen and oxygen atoms in total. The van der Waals surface area contributed by atoms with Gasteiger partial charge in [0.2, 0.25) is 5.91 Å². The third-order valence-electron chi connectivity index (χ3n) is 4.43. The Morgan fingerprint density at radius 2 is 1.59 bits per heavy atom. The van der Waals surface area contributed by atoms with Gasteiger partial charge in [0.1, 0.15) is 0 Å². The highest BCUT2D eigenvalue weighted by atomic mass is 35.5. The van der Waals surface area contributed by atoms with Crippen LogP contribution in [0.3, 0.4) is 0 Å². The first-order valence-electron chi connectivity index (χ1n) is 9.37. The monoisotopic (exact) mass is 491 g/mol. The summed E-state index contributed by atoms with van der Waals surface area (Å²) in [6.07, 6.45) is 0. The molecule has 32 heavy (non-hydrogen) atoms. The van der Waals surface area contributed by atoms with Crippen LogP contribution in [0.4, 0.5) is 11.4 Å². The van der Waals surface area contributed by atoms with Gasteiger partial charge in [0, 0.05) is 10.6 Å².